The molecule has 0 atom stereocenters. The molecule has 4 aliphatic heterocycles. The molecule has 4 aliphatic rings. The van der Waals surface area contributed by atoms with Gasteiger partial charge in [-0.25, -0.2) is 0 Å². The van der Waals surface area contributed by atoms with Crippen molar-refractivity contribution in [2.75, 3.05) is 129 Å². The zero-order valence-electron chi connectivity index (χ0n) is 31.3. The Hall–Kier alpha value is -0.120. The van der Waals surface area contributed by atoms with Crippen LogP contribution in [0.1, 0.15) is 0 Å². The van der Waals surface area contributed by atoms with Gasteiger partial charge in [0.05, 0.1) is 131 Å². The number of hydrogen-bond acceptors (Lipinski definition) is 16. The molecule has 16 heteroatoms. The second kappa shape index (κ2) is 25.0. The lowest BCUT2D eigenvalue weighted by Gasteiger charge is -2.11. The summed E-state index contributed by atoms with van der Waals surface area (Å²) in [6.07, 6.45) is 0. The van der Waals surface area contributed by atoms with Crippen LogP contribution in [0.15, 0.2) is 65.5 Å². The molecule has 7 rings (SSSR count). The minimum Gasteiger partial charge on any atom is -0.378 e. The Morgan fingerprint density at radius 2 is 0.482 bits per heavy atom. The molecular weight excluding hydrogens is 865 g/mol. The van der Waals surface area contributed by atoms with E-state index >= 15 is 0 Å². The molecule has 0 fully saturated rings. The van der Waals surface area contributed by atoms with Gasteiger partial charge in [0.15, 0.2) is 0 Å². The zero-order valence-corrected chi connectivity index (χ0v) is 37.8. The number of rotatable bonds is 0. The number of hydrogen-bond donors (Lipinski definition) is 0. The Balaban J connectivity index is 1.19. The van der Waals surface area contributed by atoms with Gasteiger partial charge in [0.25, 0.3) is 0 Å². The molecular formula is C40H48O8S8. The van der Waals surface area contributed by atoms with Crippen LogP contribution in [0.3, 0.4) is 0 Å². The predicted octanol–water partition coefficient (Wildman–Crippen LogP) is 8.43. The van der Waals surface area contributed by atoms with Crippen molar-refractivity contribution in [2.45, 2.75) is 0 Å². The fourth-order valence-corrected chi connectivity index (χ4v) is 17.6. The van der Waals surface area contributed by atoms with Gasteiger partial charge in [-0.3, -0.25) is 0 Å². The van der Waals surface area contributed by atoms with Crippen LogP contribution in [0.2, 0.25) is 0 Å². The van der Waals surface area contributed by atoms with Crippen molar-refractivity contribution < 1.29 is 37.9 Å². The van der Waals surface area contributed by atoms with Crippen molar-refractivity contribution in [1.29, 1.82) is 0 Å². The molecule has 3 aromatic rings. The molecule has 4 heterocycles. The van der Waals surface area contributed by atoms with Crippen LogP contribution in [0.25, 0.3) is 30.0 Å². The average Bonchev–Trinajstić information content (AvgIpc) is 3.81. The Bertz CT molecular complexity index is 1660. The number of benzene rings is 3. The first-order valence-corrected chi connectivity index (χ1v) is 26.1. The summed E-state index contributed by atoms with van der Waals surface area (Å²) in [5, 5.41) is 7.79. The van der Waals surface area contributed by atoms with Gasteiger partial charge in [0.1, 0.15) is 0 Å². The third-order valence-corrected chi connectivity index (χ3v) is 19.4. The van der Waals surface area contributed by atoms with Gasteiger partial charge < -0.3 is 37.9 Å². The predicted molar refractivity (Wildman–Crippen MR) is 248 cm³/mol. The monoisotopic (exact) mass is 912 g/mol. The van der Waals surface area contributed by atoms with E-state index in [1.54, 1.807) is 0 Å². The summed E-state index contributed by atoms with van der Waals surface area (Å²) in [6, 6.07) is 18.0. The molecule has 0 unspecified atom stereocenters. The fraction of sp³-hybridized carbons (Fsp3) is 0.500. The summed E-state index contributed by atoms with van der Waals surface area (Å²) in [6.45, 7) is 9.73. The van der Waals surface area contributed by atoms with Crippen LogP contribution in [-0.4, -0.2) is 129 Å². The second-order valence-corrected chi connectivity index (χ2v) is 22.3. The normalized spacial score (nSPS) is 22.4. The number of ether oxygens (including phenoxy) is 8. The topological polar surface area (TPSA) is 73.8 Å². The highest BCUT2D eigenvalue weighted by Crippen LogP contribution is 2.59. The van der Waals surface area contributed by atoms with Crippen molar-refractivity contribution in [3.63, 3.8) is 0 Å². The molecule has 0 spiro atoms. The summed E-state index contributed by atoms with van der Waals surface area (Å²) >= 11 is 15.2. The summed E-state index contributed by atoms with van der Waals surface area (Å²) in [7, 11) is 0. The molecule has 3 aromatic carbocycles. The summed E-state index contributed by atoms with van der Waals surface area (Å²) in [4.78, 5) is 0. The van der Waals surface area contributed by atoms with Gasteiger partial charge in [-0.2, -0.15) is 0 Å². The van der Waals surface area contributed by atoms with E-state index in [0.717, 1.165) is 23.0 Å². The molecule has 0 saturated heterocycles. The molecule has 0 bridgehead atoms. The second-order valence-electron chi connectivity index (χ2n) is 12.3. The summed E-state index contributed by atoms with van der Waals surface area (Å²) in [5.41, 5.74) is 0. The Kier molecular flexibility index (Phi) is 19.6. The van der Waals surface area contributed by atoms with E-state index in [2.05, 4.69) is 48.5 Å². The molecule has 0 aromatic heterocycles. The van der Waals surface area contributed by atoms with Crippen LogP contribution in [0.5, 0.6) is 0 Å². The van der Waals surface area contributed by atoms with Gasteiger partial charge in [0, 0.05) is 33.4 Å². The van der Waals surface area contributed by atoms with Gasteiger partial charge >= 0.3 is 0 Å². The molecule has 8 nitrogen and oxygen atoms in total. The highest BCUT2D eigenvalue weighted by Gasteiger charge is 2.27. The van der Waals surface area contributed by atoms with E-state index in [1.807, 2.05) is 94.1 Å². The maximum atomic E-state index is 5.92. The quantitative estimate of drug-likeness (QED) is 0.203. The van der Waals surface area contributed by atoms with E-state index in [9.17, 15) is 0 Å². The first-order valence-electron chi connectivity index (χ1n) is 18.9. The van der Waals surface area contributed by atoms with E-state index in [-0.39, 0.29) is 0 Å². The maximum Gasteiger partial charge on any atom is 0.0701 e. The standard InChI is InChI=1S/C40H48O8S8/c1-2-6-30-29(5-1)33(35-53-37-38(54-35)50-26-22-46-18-14-42-10-9-41-13-17-45-21-25-49-37)31-7-3-4-8-32(31)34(30)36-55-39-40(56-36)52-28-24-48-20-16-44-12-11-43-15-19-47-23-27-51-39/h1-8H,9-28H2. The van der Waals surface area contributed by atoms with Crippen molar-refractivity contribution in [2.24, 2.45) is 0 Å². The zero-order chi connectivity index (χ0) is 38.0. The van der Waals surface area contributed by atoms with Gasteiger partial charge in [-0.1, -0.05) is 95.6 Å². The molecule has 0 amide bonds. The minimum absolute atomic E-state index is 0.578. The summed E-state index contributed by atoms with van der Waals surface area (Å²) in [5.74, 6) is 3.56. The Labute approximate surface area is 363 Å². The third-order valence-electron chi connectivity index (χ3n) is 8.49. The van der Waals surface area contributed by atoms with Crippen molar-refractivity contribution in [3.05, 3.63) is 75.9 Å². The maximum absolute atomic E-state index is 5.92. The first-order chi connectivity index (χ1) is 27.9. The molecule has 56 heavy (non-hydrogen) atoms. The minimum atomic E-state index is 0.578. The molecule has 0 N–H and O–H groups in total. The third kappa shape index (κ3) is 12.9. The van der Waals surface area contributed by atoms with Gasteiger partial charge in [-0.15, -0.1) is 47.0 Å². The highest BCUT2D eigenvalue weighted by atomic mass is 32.3. The molecule has 0 aliphatic carbocycles. The van der Waals surface area contributed by atoms with Crippen LogP contribution in [0, 0.1) is 0 Å². The van der Waals surface area contributed by atoms with E-state index in [4.69, 9.17) is 37.9 Å². The number of thioether (sulfide) groups is 8. The van der Waals surface area contributed by atoms with Crippen molar-refractivity contribution in [1.82, 2.24) is 0 Å². The SMILES string of the molecule is c1ccc2c(=C3SC4=C(SCCOCCOCCOCCOCCS4)S3)c3ccccc3c(=C3SC4=C(SCCOCCOCCOCCOCCS4)S3)c2c1. The van der Waals surface area contributed by atoms with Crippen molar-refractivity contribution >= 4 is 124 Å². The lowest BCUT2D eigenvalue weighted by atomic mass is 9.99. The first kappa shape index (κ1) is 44.0. The largest absolute Gasteiger partial charge is 0.378 e. The lowest BCUT2D eigenvalue weighted by Crippen LogP contribution is -2.16. The Morgan fingerprint density at radius 1 is 0.268 bits per heavy atom. The van der Waals surface area contributed by atoms with Gasteiger partial charge in [-0.05, 0) is 21.5 Å². The van der Waals surface area contributed by atoms with Crippen LogP contribution < -0.4 is 10.4 Å². The van der Waals surface area contributed by atoms with Crippen LogP contribution in [0.4, 0.5) is 0 Å². The van der Waals surface area contributed by atoms with E-state index in [1.165, 1.54) is 57.4 Å². The molecule has 0 radical (unpaired) electrons. The average molecular weight is 913 g/mol. The highest BCUT2D eigenvalue weighted by molar-refractivity contribution is 8.46. The Morgan fingerprint density at radius 3 is 0.714 bits per heavy atom. The smallest absolute Gasteiger partial charge is 0.0701 e. The molecule has 0 saturated carbocycles. The molecule has 304 valence electrons. The number of fused-ring (bicyclic) bond motifs is 2. The van der Waals surface area contributed by atoms with Crippen LogP contribution in [-0.2, 0) is 37.9 Å². The fourth-order valence-electron chi connectivity index (χ4n) is 5.97. The van der Waals surface area contributed by atoms with Crippen molar-refractivity contribution in [3.8, 4) is 0 Å². The van der Waals surface area contributed by atoms with E-state index < -0.39 is 0 Å². The van der Waals surface area contributed by atoms with Crippen LogP contribution >= 0.6 is 94.1 Å². The van der Waals surface area contributed by atoms with Gasteiger partial charge in [0.2, 0.25) is 0 Å². The lowest BCUT2D eigenvalue weighted by molar-refractivity contribution is 0.00147. The summed E-state index contributed by atoms with van der Waals surface area (Å²) < 4.78 is 54.3. The van der Waals surface area contributed by atoms with E-state index in [0.29, 0.717) is 106 Å².